The van der Waals surface area contributed by atoms with Crippen LogP contribution in [0.1, 0.15) is 5.56 Å². The van der Waals surface area contributed by atoms with E-state index in [1.165, 1.54) is 30.0 Å². The second-order valence-corrected chi connectivity index (χ2v) is 5.80. The van der Waals surface area contributed by atoms with Crippen molar-refractivity contribution in [2.75, 3.05) is 5.32 Å². The molecule has 2 aromatic rings. The van der Waals surface area contributed by atoms with Crippen LogP contribution in [0.2, 0.25) is 0 Å². The van der Waals surface area contributed by atoms with E-state index >= 15 is 0 Å². The lowest BCUT2D eigenvalue weighted by atomic mass is 10.2. The van der Waals surface area contributed by atoms with Crippen LogP contribution in [0.25, 0.3) is 6.08 Å². The highest BCUT2D eigenvalue weighted by molar-refractivity contribution is 8.05. The van der Waals surface area contributed by atoms with Gasteiger partial charge in [-0.2, -0.15) is 0 Å². The topological polar surface area (TPSA) is 41.1 Å². The normalized spacial score (nSPS) is 19.3. The zero-order valence-corrected chi connectivity index (χ0v) is 12.2. The average molecular weight is 318 g/mol. The van der Waals surface area contributed by atoms with E-state index in [9.17, 15) is 13.6 Å². The molecule has 1 aliphatic rings. The van der Waals surface area contributed by atoms with Crippen LogP contribution in [-0.4, -0.2) is 11.4 Å². The van der Waals surface area contributed by atoms with Gasteiger partial charge in [0.05, 0.1) is 10.6 Å². The third-order valence-electron chi connectivity index (χ3n) is 3.06. The number of hydrogen-bond acceptors (Lipinski definition) is 3. The summed E-state index contributed by atoms with van der Waals surface area (Å²) in [6, 6.07) is 12.1. The summed E-state index contributed by atoms with van der Waals surface area (Å²) in [4.78, 5) is 12.4. The van der Waals surface area contributed by atoms with Gasteiger partial charge in [-0.25, -0.2) is 8.78 Å². The second-order valence-electron chi connectivity index (χ2n) is 4.66. The van der Waals surface area contributed by atoms with Crippen LogP contribution in [0.5, 0.6) is 0 Å². The lowest BCUT2D eigenvalue weighted by Gasteiger charge is -2.12. The number of thioether (sulfide) groups is 1. The molecule has 2 N–H and O–H groups in total. The van der Waals surface area contributed by atoms with Gasteiger partial charge in [0.25, 0.3) is 5.91 Å². The number of halogens is 2. The minimum absolute atomic E-state index is 0.247. The lowest BCUT2D eigenvalue weighted by molar-refractivity contribution is -0.116. The van der Waals surface area contributed by atoms with Crippen molar-refractivity contribution >= 4 is 29.4 Å². The molecule has 3 rings (SSSR count). The van der Waals surface area contributed by atoms with Crippen LogP contribution in [0.3, 0.4) is 0 Å². The second kappa shape index (κ2) is 6.19. The van der Waals surface area contributed by atoms with E-state index in [1.54, 1.807) is 36.4 Å². The SMILES string of the molecule is O=C1NC(Nc2ccccc2F)S/C1=C\c1ccc(F)cc1. The van der Waals surface area contributed by atoms with Gasteiger partial charge in [0.1, 0.15) is 11.6 Å². The van der Waals surface area contributed by atoms with Gasteiger partial charge in [0.15, 0.2) is 5.50 Å². The maximum absolute atomic E-state index is 13.6. The van der Waals surface area contributed by atoms with Crippen LogP contribution in [0, 0.1) is 11.6 Å². The summed E-state index contributed by atoms with van der Waals surface area (Å²) < 4.78 is 26.5. The van der Waals surface area contributed by atoms with Crippen molar-refractivity contribution in [1.82, 2.24) is 5.32 Å². The van der Waals surface area contributed by atoms with Gasteiger partial charge < -0.3 is 10.6 Å². The summed E-state index contributed by atoms with van der Waals surface area (Å²) in [5.41, 5.74) is 0.602. The summed E-state index contributed by atoms with van der Waals surface area (Å²) in [5, 5.41) is 5.63. The molecule has 1 heterocycles. The van der Waals surface area contributed by atoms with Crippen LogP contribution in [-0.2, 0) is 4.79 Å². The highest BCUT2D eigenvalue weighted by Crippen LogP contribution is 2.30. The Balaban J connectivity index is 1.73. The monoisotopic (exact) mass is 318 g/mol. The fourth-order valence-corrected chi connectivity index (χ4v) is 2.97. The third kappa shape index (κ3) is 3.28. The molecule has 0 saturated carbocycles. The molecule has 1 saturated heterocycles. The molecule has 1 aliphatic heterocycles. The van der Waals surface area contributed by atoms with Gasteiger partial charge >= 0.3 is 0 Å². The smallest absolute Gasteiger partial charge is 0.260 e. The van der Waals surface area contributed by atoms with E-state index in [0.717, 1.165) is 5.56 Å². The Morgan fingerprint density at radius 3 is 2.55 bits per heavy atom. The molecule has 0 radical (unpaired) electrons. The Labute approximate surface area is 130 Å². The Morgan fingerprint density at radius 2 is 1.82 bits per heavy atom. The van der Waals surface area contributed by atoms with Crippen LogP contribution in [0.4, 0.5) is 14.5 Å². The molecular weight excluding hydrogens is 306 g/mol. The Bertz CT molecular complexity index is 731. The lowest BCUT2D eigenvalue weighted by Crippen LogP contribution is -2.31. The van der Waals surface area contributed by atoms with Gasteiger partial charge in [-0.1, -0.05) is 36.0 Å². The molecule has 0 aliphatic carbocycles. The molecule has 1 amide bonds. The average Bonchev–Trinajstić information content (AvgIpc) is 2.84. The molecule has 2 aromatic carbocycles. The first-order valence-corrected chi connectivity index (χ1v) is 7.45. The van der Waals surface area contributed by atoms with Gasteiger partial charge in [-0.15, -0.1) is 0 Å². The van der Waals surface area contributed by atoms with Crippen molar-refractivity contribution in [3.8, 4) is 0 Å². The number of nitrogens with one attached hydrogen (secondary N) is 2. The molecule has 112 valence electrons. The van der Waals surface area contributed by atoms with Gasteiger partial charge in [0, 0.05) is 0 Å². The molecule has 6 heteroatoms. The maximum Gasteiger partial charge on any atom is 0.260 e. The number of carbonyl (C=O) groups is 1. The Kier molecular flexibility index (Phi) is 4.11. The quantitative estimate of drug-likeness (QED) is 0.850. The summed E-state index contributed by atoms with van der Waals surface area (Å²) in [7, 11) is 0. The van der Waals surface area contributed by atoms with Crippen molar-refractivity contribution in [3.05, 3.63) is 70.6 Å². The molecule has 3 nitrogen and oxygen atoms in total. The maximum atomic E-state index is 13.6. The fourth-order valence-electron chi connectivity index (χ4n) is 2.00. The molecule has 1 atom stereocenters. The fraction of sp³-hybridized carbons (Fsp3) is 0.0625. The zero-order chi connectivity index (χ0) is 15.5. The Hall–Kier alpha value is -2.34. The van der Waals surface area contributed by atoms with Crippen molar-refractivity contribution < 1.29 is 13.6 Å². The first-order chi connectivity index (χ1) is 10.6. The van der Waals surface area contributed by atoms with Gasteiger partial charge in [-0.3, -0.25) is 4.79 Å². The molecule has 22 heavy (non-hydrogen) atoms. The molecule has 1 unspecified atom stereocenters. The van der Waals surface area contributed by atoms with Crippen molar-refractivity contribution in [2.45, 2.75) is 5.50 Å². The predicted octanol–water partition coefficient (Wildman–Crippen LogP) is 3.56. The zero-order valence-electron chi connectivity index (χ0n) is 11.3. The first-order valence-electron chi connectivity index (χ1n) is 6.58. The van der Waals surface area contributed by atoms with E-state index in [4.69, 9.17) is 0 Å². The van der Waals surface area contributed by atoms with E-state index < -0.39 is 5.50 Å². The number of carbonyl (C=O) groups excluding carboxylic acids is 1. The summed E-state index contributed by atoms with van der Waals surface area (Å²) in [5.74, 6) is -0.957. The number of hydrogen-bond donors (Lipinski definition) is 2. The highest BCUT2D eigenvalue weighted by atomic mass is 32.2. The van der Waals surface area contributed by atoms with Crippen LogP contribution >= 0.6 is 11.8 Å². The first kappa shape index (κ1) is 14.6. The van der Waals surface area contributed by atoms with Crippen molar-refractivity contribution in [1.29, 1.82) is 0 Å². The number of para-hydroxylation sites is 1. The standard InChI is InChI=1S/C16H12F2N2OS/c17-11-7-5-10(6-8-11)9-14-15(21)20-16(22-14)19-13-4-2-1-3-12(13)18/h1-9,16,19H,(H,20,21)/b14-9-. The summed E-state index contributed by atoms with van der Waals surface area (Å²) in [6.45, 7) is 0. The van der Waals surface area contributed by atoms with Gasteiger partial charge in [0.2, 0.25) is 0 Å². The molecule has 0 bridgehead atoms. The number of anilines is 1. The number of benzene rings is 2. The number of amides is 1. The van der Waals surface area contributed by atoms with E-state index in [1.807, 2.05) is 0 Å². The predicted molar refractivity (Wildman–Crippen MR) is 83.9 cm³/mol. The van der Waals surface area contributed by atoms with Crippen molar-refractivity contribution in [2.24, 2.45) is 0 Å². The van der Waals surface area contributed by atoms with Gasteiger partial charge in [-0.05, 0) is 35.9 Å². The summed E-state index contributed by atoms with van der Waals surface area (Å²) in [6.07, 6.45) is 1.67. The Morgan fingerprint density at radius 1 is 1.09 bits per heavy atom. The van der Waals surface area contributed by atoms with Crippen molar-refractivity contribution in [3.63, 3.8) is 0 Å². The van der Waals surface area contributed by atoms with Crippen LogP contribution in [0.15, 0.2) is 53.4 Å². The van der Waals surface area contributed by atoms with E-state index in [-0.39, 0.29) is 17.5 Å². The van der Waals surface area contributed by atoms with E-state index in [0.29, 0.717) is 10.6 Å². The molecular formula is C16H12F2N2OS. The molecule has 0 spiro atoms. The number of rotatable bonds is 3. The summed E-state index contributed by atoms with van der Waals surface area (Å²) >= 11 is 1.25. The van der Waals surface area contributed by atoms with E-state index in [2.05, 4.69) is 10.6 Å². The minimum atomic E-state index is -0.448. The third-order valence-corrected chi connectivity index (χ3v) is 4.09. The minimum Gasteiger partial charge on any atom is -0.354 e. The highest BCUT2D eigenvalue weighted by Gasteiger charge is 2.27. The molecule has 1 fully saturated rings. The largest absolute Gasteiger partial charge is 0.354 e. The van der Waals surface area contributed by atoms with Crippen LogP contribution < -0.4 is 10.6 Å². The molecule has 0 aromatic heterocycles.